The average molecular weight is 342 g/mol. The molecule has 0 saturated carbocycles. The number of carbonyl (C=O) groups is 2. The molecule has 0 bridgehead atoms. The van der Waals surface area contributed by atoms with Crippen molar-refractivity contribution in [3.05, 3.63) is 23.8 Å². The van der Waals surface area contributed by atoms with Gasteiger partial charge in [-0.05, 0) is 31.5 Å². The highest BCUT2D eigenvalue weighted by molar-refractivity contribution is 7.89. The predicted octanol–water partition coefficient (Wildman–Crippen LogP) is 1.53. The number of carbonyl (C=O) groups excluding carboxylic acids is 2. The molecule has 0 saturated heterocycles. The number of rotatable bonds is 7. The van der Waals surface area contributed by atoms with Gasteiger partial charge in [0.25, 0.3) is 0 Å². The lowest BCUT2D eigenvalue weighted by molar-refractivity contribution is -0.144. The molecule has 128 valence electrons. The molecule has 0 fully saturated rings. The molecule has 0 aliphatic carbocycles. The Morgan fingerprint density at radius 1 is 1.22 bits per heavy atom. The van der Waals surface area contributed by atoms with Crippen LogP contribution in [0.1, 0.15) is 25.3 Å². The molecular formula is C15H22N2O5S. The van der Waals surface area contributed by atoms with Crippen LogP contribution in [0.4, 0.5) is 5.69 Å². The number of sulfonamides is 1. The fraction of sp³-hybridized carbons (Fsp3) is 0.467. The molecule has 1 N–H and O–H groups in total. The molecule has 8 heteroatoms. The Balaban J connectivity index is 2.85. The second-order valence-electron chi connectivity index (χ2n) is 5.12. The van der Waals surface area contributed by atoms with Gasteiger partial charge in [-0.2, -0.15) is 0 Å². The van der Waals surface area contributed by atoms with Crippen LogP contribution in [-0.2, 0) is 24.3 Å². The van der Waals surface area contributed by atoms with Gasteiger partial charge in [-0.25, -0.2) is 12.7 Å². The van der Waals surface area contributed by atoms with E-state index in [9.17, 15) is 18.0 Å². The summed E-state index contributed by atoms with van der Waals surface area (Å²) >= 11 is 0. The van der Waals surface area contributed by atoms with E-state index in [0.717, 1.165) is 9.87 Å². The van der Waals surface area contributed by atoms with Crippen molar-refractivity contribution in [2.45, 2.75) is 31.6 Å². The van der Waals surface area contributed by atoms with Crippen molar-refractivity contribution in [3.8, 4) is 0 Å². The standard InChI is InChI=1S/C15H22N2O5S/c1-5-22-15(19)9-8-14(18)16-13-10-12(7-6-11(13)2)23(20,21)17(3)4/h6-7,10H,5,8-9H2,1-4H3,(H,16,18). The number of esters is 1. The van der Waals surface area contributed by atoms with E-state index in [2.05, 4.69) is 5.32 Å². The molecule has 1 aromatic rings. The zero-order chi connectivity index (χ0) is 17.6. The fourth-order valence-corrected chi connectivity index (χ4v) is 2.70. The summed E-state index contributed by atoms with van der Waals surface area (Å²) in [5.41, 5.74) is 1.13. The molecular weight excluding hydrogens is 320 g/mol. The topological polar surface area (TPSA) is 92.8 Å². The van der Waals surface area contributed by atoms with Gasteiger partial charge in [0.15, 0.2) is 0 Å². The first-order chi connectivity index (χ1) is 10.7. The fourth-order valence-electron chi connectivity index (χ4n) is 1.77. The quantitative estimate of drug-likeness (QED) is 0.759. The lowest BCUT2D eigenvalue weighted by Crippen LogP contribution is -2.22. The maximum Gasteiger partial charge on any atom is 0.306 e. The summed E-state index contributed by atoms with van der Waals surface area (Å²) < 4.78 is 30.1. The van der Waals surface area contributed by atoms with Gasteiger partial charge in [-0.15, -0.1) is 0 Å². The van der Waals surface area contributed by atoms with E-state index >= 15 is 0 Å². The highest BCUT2D eigenvalue weighted by Gasteiger charge is 2.18. The largest absolute Gasteiger partial charge is 0.466 e. The average Bonchev–Trinajstić information content (AvgIpc) is 2.47. The normalized spacial score (nSPS) is 11.3. The van der Waals surface area contributed by atoms with Crippen molar-refractivity contribution in [3.63, 3.8) is 0 Å². The highest BCUT2D eigenvalue weighted by atomic mass is 32.2. The molecule has 0 unspecified atom stereocenters. The number of nitrogens with one attached hydrogen (secondary N) is 1. The Labute approximate surface area is 136 Å². The zero-order valence-electron chi connectivity index (χ0n) is 13.8. The van der Waals surface area contributed by atoms with Crippen LogP contribution in [0.3, 0.4) is 0 Å². The van der Waals surface area contributed by atoms with Gasteiger partial charge >= 0.3 is 5.97 Å². The van der Waals surface area contributed by atoms with Crippen LogP contribution in [-0.4, -0.2) is 45.3 Å². The third-order valence-electron chi connectivity index (χ3n) is 3.12. The number of hydrogen-bond acceptors (Lipinski definition) is 5. The van der Waals surface area contributed by atoms with Gasteiger partial charge < -0.3 is 10.1 Å². The summed E-state index contributed by atoms with van der Waals surface area (Å²) in [7, 11) is -0.703. The first kappa shape index (κ1) is 19.1. The Kier molecular flexibility index (Phi) is 6.71. The van der Waals surface area contributed by atoms with Crippen molar-refractivity contribution in [2.75, 3.05) is 26.0 Å². The Bertz CT molecular complexity index is 683. The Morgan fingerprint density at radius 3 is 2.43 bits per heavy atom. The molecule has 0 atom stereocenters. The van der Waals surface area contributed by atoms with Gasteiger partial charge in [0.2, 0.25) is 15.9 Å². The molecule has 0 radical (unpaired) electrons. The van der Waals surface area contributed by atoms with Crippen LogP contribution >= 0.6 is 0 Å². The third-order valence-corrected chi connectivity index (χ3v) is 4.93. The van der Waals surface area contributed by atoms with Crippen LogP contribution in [0.25, 0.3) is 0 Å². The Hall–Kier alpha value is -1.93. The maximum atomic E-state index is 12.1. The summed E-state index contributed by atoms with van der Waals surface area (Å²) in [6.45, 7) is 3.72. The highest BCUT2D eigenvalue weighted by Crippen LogP contribution is 2.22. The number of anilines is 1. The SMILES string of the molecule is CCOC(=O)CCC(=O)Nc1cc(S(=O)(=O)N(C)C)ccc1C. The second kappa shape index (κ2) is 8.07. The number of amides is 1. The van der Waals surface area contributed by atoms with Gasteiger partial charge in [-0.1, -0.05) is 6.07 Å². The van der Waals surface area contributed by atoms with Crippen molar-refractivity contribution >= 4 is 27.6 Å². The number of aryl methyl sites for hydroxylation is 1. The van der Waals surface area contributed by atoms with Gasteiger partial charge in [-0.3, -0.25) is 9.59 Å². The number of hydrogen-bond donors (Lipinski definition) is 1. The van der Waals surface area contributed by atoms with E-state index in [0.29, 0.717) is 5.69 Å². The summed E-state index contributed by atoms with van der Waals surface area (Å²) in [6, 6.07) is 4.52. The van der Waals surface area contributed by atoms with Crippen LogP contribution in [0.2, 0.25) is 0 Å². The van der Waals surface area contributed by atoms with Crippen molar-refractivity contribution < 1.29 is 22.7 Å². The lowest BCUT2D eigenvalue weighted by Gasteiger charge is -2.14. The van der Waals surface area contributed by atoms with Crippen LogP contribution < -0.4 is 5.32 Å². The third kappa shape index (κ3) is 5.33. The van der Waals surface area contributed by atoms with E-state index in [4.69, 9.17) is 4.74 Å². The molecule has 0 aromatic heterocycles. The molecule has 23 heavy (non-hydrogen) atoms. The minimum absolute atomic E-state index is 0.0194. The van der Waals surface area contributed by atoms with E-state index in [-0.39, 0.29) is 30.3 Å². The summed E-state index contributed by atoms with van der Waals surface area (Å²) in [6.07, 6.45) is -0.0443. The molecule has 1 rings (SSSR count). The monoisotopic (exact) mass is 342 g/mol. The molecule has 1 amide bonds. The molecule has 1 aromatic carbocycles. The Morgan fingerprint density at radius 2 is 1.87 bits per heavy atom. The van der Waals surface area contributed by atoms with Crippen LogP contribution in [0, 0.1) is 6.92 Å². The predicted molar refractivity (Wildman–Crippen MR) is 86.5 cm³/mol. The van der Waals surface area contributed by atoms with Gasteiger partial charge in [0.05, 0.1) is 17.9 Å². The molecule has 0 aliphatic rings. The maximum absolute atomic E-state index is 12.1. The van der Waals surface area contributed by atoms with E-state index in [1.807, 2.05) is 0 Å². The van der Waals surface area contributed by atoms with E-state index < -0.39 is 16.0 Å². The first-order valence-electron chi connectivity index (χ1n) is 7.17. The van der Waals surface area contributed by atoms with Gasteiger partial charge in [0, 0.05) is 26.2 Å². The molecule has 7 nitrogen and oxygen atoms in total. The lowest BCUT2D eigenvalue weighted by atomic mass is 10.2. The van der Waals surface area contributed by atoms with E-state index in [1.165, 1.54) is 26.2 Å². The minimum atomic E-state index is -3.58. The summed E-state index contributed by atoms with van der Waals surface area (Å²) in [5.74, 6) is -0.816. The second-order valence-corrected chi connectivity index (χ2v) is 7.27. The first-order valence-corrected chi connectivity index (χ1v) is 8.61. The molecule has 0 spiro atoms. The minimum Gasteiger partial charge on any atom is -0.466 e. The number of nitrogens with zero attached hydrogens (tertiary/aromatic N) is 1. The number of benzene rings is 1. The molecule has 0 heterocycles. The van der Waals surface area contributed by atoms with Crippen LogP contribution in [0.15, 0.2) is 23.1 Å². The summed E-state index contributed by atoms with van der Waals surface area (Å²) in [4.78, 5) is 23.2. The van der Waals surface area contributed by atoms with E-state index in [1.54, 1.807) is 19.9 Å². The summed E-state index contributed by atoms with van der Waals surface area (Å²) in [5, 5.41) is 2.63. The number of ether oxygens (including phenoxy) is 1. The van der Waals surface area contributed by atoms with Gasteiger partial charge in [0.1, 0.15) is 0 Å². The molecule has 0 aliphatic heterocycles. The van der Waals surface area contributed by atoms with Crippen molar-refractivity contribution in [1.29, 1.82) is 0 Å². The van der Waals surface area contributed by atoms with Crippen LogP contribution in [0.5, 0.6) is 0 Å². The zero-order valence-corrected chi connectivity index (χ0v) is 14.6. The van der Waals surface area contributed by atoms with Crippen molar-refractivity contribution in [2.24, 2.45) is 0 Å². The smallest absolute Gasteiger partial charge is 0.306 e. The van der Waals surface area contributed by atoms with Crippen molar-refractivity contribution in [1.82, 2.24) is 4.31 Å².